The van der Waals surface area contributed by atoms with Crippen molar-refractivity contribution in [1.29, 1.82) is 0 Å². The van der Waals surface area contributed by atoms with Crippen molar-refractivity contribution in [2.75, 3.05) is 32.6 Å². The molecule has 0 aliphatic carbocycles. The first-order chi connectivity index (χ1) is 11.0. The minimum Gasteiger partial charge on any atom is -0.376 e. The number of hydrogen-bond acceptors (Lipinski definition) is 3. The molecule has 126 valence electrons. The van der Waals surface area contributed by atoms with Gasteiger partial charge in [-0.15, -0.1) is 0 Å². The smallest absolute Gasteiger partial charge is 0.321 e. The van der Waals surface area contributed by atoms with Gasteiger partial charge in [0, 0.05) is 46.4 Å². The zero-order valence-electron chi connectivity index (χ0n) is 14.0. The predicted octanol–water partition coefficient (Wildman–Crippen LogP) is 2.31. The van der Waals surface area contributed by atoms with Crippen LogP contribution in [-0.4, -0.2) is 55.1 Å². The van der Waals surface area contributed by atoms with Crippen molar-refractivity contribution in [3.05, 3.63) is 29.8 Å². The topological polar surface area (TPSA) is 61.9 Å². The average Bonchev–Trinajstić information content (AvgIpc) is 3.00. The molecule has 1 unspecified atom stereocenters. The van der Waals surface area contributed by atoms with Gasteiger partial charge in [-0.1, -0.05) is 12.1 Å². The minimum absolute atomic E-state index is 0.00994. The van der Waals surface area contributed by atoms with Crippen molar-refractivity contribution in [2.24, 2.45) is 0 Å². The summed E-state index contributed by atoms with van der Waals surface area (Å²) in [6.07, 6.45) is 2.21. The Morgan fingerprint density at radius 1 is 1.30 bits per heavy atom. The highest BCUT2D eigenvalue weighted by Gasteiger charge is 2.20. The summed E-state index contributed by atoms with van der Waals surface area (Å²) in [5.41, 5.74) is 1.70. The Kier molecular flexibility index (Phi) is 5.98. The first kappa shape index (κ1) is 17.3. The first-order valence-corrected chi connectivity index (χ1v) is 7.90. The van der Waals surface area contributed by atoms with Crippen LogP contribution in [0, 0.1) is 0 Å². The van der Waals surface area contributed by atoms with Crippen molar-refractivity contribution >= 4 is 17.6 Å². The molecular formula is C17H25N3O3. The van der Waals surface area contributed by atoms with Crippen LogP contribution >= 0.6 is 0 Å². The molecule has 1 aliphatic heterocycles. The highest BCUT2D eigenvalue weighted by Crippen LogP contribution is 2.15. The summed E-state index contributed by atoms with van der Waals surface area (Å²) in [5, 5.41) is 2.89. The van der Waals surface area contributed by atoms with Crippen LogP contribution in [0.15, 0.2) is 24.3 Å². The molecule has 0 radical (unpaired) electrons. The van der Waals surface area contributed by atoms with Gasteiger partial charge in [0.25, 0.3) is 0 Å². The Balaban J connectivity index is 1.90. The normalized spacial score (nSPS) is 16.9. The molecule has 1 aromatic rings. The molecule has 23 heavy (non-hydrogen) atoms. The molecular weight excluding hydrogens is 294 g/mol. The van der Waals surface area contributed by atoms with Crippen molar-refractivity contribution in [2.45, 2.75) is 32.4 Å². The van der Waals surface area contributed by atoms with E-state index in [2.05, 4.69) is 5.32 Å². The van der Waals surface area contributed by atoms with E-state index in [1.54, 1.807) is 23.9 Å². The maximum atomic E-state index is 12.2. The molecule has 6 heteroatoms. The van der Waals surface area contributed by atoms with Gasteiger partial charge in [0.1, 0.15) is 0 Å². The van der Waals surface area contributed by atoms with E-state index < -0.39 is 0 Å². The molecule has 3 amide bonds. The van der Waals surface area contributed by atoms with Crippen LogP contribution in [0.3, 0.4) is 0 Å². The lowest BCUT2D eigenvalue weighted by Crippen LogP contribution is -2.37. The number of amides is 3. The Hall–Kier alpha value is -2.08. The zero-order valence-corrected chi connectivity index (χ0v) is 14.0. The monoisotopic (exact) mass is 319 g/mol. The molecule has 1 atom stereocenters. The summed E-state index contributed by atoms with van der Waals surface area (Å²) in [5.74, 6) is 0.00994. The van der Waals surface area contributed by atoms with Crippen LogP contribution in [0.1, 0.15) is 25.3 Å². The highest BCUT2D eigenvalue weighted by molar-refractivity contribution is 5.89. The van der Waals surface area contributed by atoms with Crippen LogP contribution in [-0.2, 0) is 16.1 Å². The number of urea groups is 1. The van der Waals surface area contributed by atoms with Crippen molar-refractivity contribution in [3.8, 4) is 0 Å². The highest BCUT2D eigenvalue weighted by atomic mass is 16.5. The number of likely N-dealkylation sites (N-methyl/N-ethyl adjacent to an activating group) is 1. The number of hydrogen-bond donors (Lipinski definition) is 1. The Labute approximate surface area is 137 Å². The molecule has 0 aromatic heterocycles. The number of carbonyl (C=O) groups excluding carboxylic acids is 2. The molecule has 1 saturated heterocycles. The quantitative estimate of drug-likeness (QED) is 0.906. The molecule has 0 bridgehead atoms. The fraction of sp³-hybridized carbons (Fsp3) is 0.529. The van der Waals surface area contributed by atoms with Gasteiger partial charge in [-0.05, 0) is 30.5 Å². The third-order valence-electron chi connectivity index (χ3n) is 3.98. The second-order valence-corrected chi connectivity index (χ2v) is 6.02. The third kappa shape index (κ3) is 5.25. The molecule has 1 aromatic carbocycles. The lowest BCUT2D eigenvalue weighted by molar-refractivity contribution is -0.128. The molecule has 1 N–H and O–H groups in total. The van der Waals surface area contributed by atoms with E-state index in [0.29, 0.717) is 13.1 Å². The number of ether oxygens (including phenoxy) is 1. The van der Waals surface area contributed by atoms with E-state index in [9.17, 15) is 9.59 Å². The molecule has 0 spiro atoms. The lowest BCUT2D eigenvalue weighted by atomic mass is 10.2. The number of nitrogens with zero attached hydrogens (tertiary/aromatic N) is 2. The SMILES string of the molecule is CC(=O)N(C)Cc1cccc(NC(=O)N(C)CC2CCCO2)c1. The Morgan fingerprint density at radius 3 is 2.74 bits per heavy atom. The fourth-order valence-electron chi connectivity index (χ4n) is 2.53. The van der Waals surface area contributed by atoms with E-state index in [0.717, 1.165) is 30.7 Å². The Bertz CT molecular complexity index is 556. The van der Waals surface area contributed by atoms with Gasteiger partial charge in [-0.2, -0.15) is 0 Å². The summed E-state index contributed by atoms with van der Waals surface area (Å²) in [6.45, 7) is 3.43. The van der Waals surface area contributed by atoms with Gasteiger partial charge < -0.3 is 19.9 Å². The summed E-state index contributed by atoms with van der Waals surface area (Å²) in [4.78, 5) is 26.8. The average molecular weight is 319 g/mol. The molecule has 2 rings (SSSR count). The van der Waals surface area contributed by atoms with Crippen LogP contribution in [0.2, 0.25) is 0 Å². The first-order valence-electron chi connectivity index (χ1n) is 7.90. The molecule has 1 fully saturated rings. The largest absolute Gasteiger partial charge is 0.376 e. The van der Waals surface area contributed by atoms with Gasteiger partial charge in [0.2, 0.25) is 5.91 Å². The van der Waals surface area contributed by atoms with Crippen molar-refractivity contribution < 1.29 is 14.3 Å². The van der Waals surface area contributed by atoms with E-state index >= 15 is 0 Å². The number of anilines is 1. The minimum atomic E-state index is -0.155. The lowest BCUT2D eigenvalue weighted by Gasteiger charge is -2.21. The number of rotatable bonds is 5. The van der Waals surface area contributed by atoms with Crippen molar-refractivity contribution in [3.63, 3.8) is 0 Å². The number of carbonyl (C=O) groups is 2. The van der Waals surface area contributed by atoms with Crippen LogP contribution in [0.5, 0.6) is 0 Å². The van der Waals surface area contributed by atoms with Crippen LogP contribution in [0.4, 0.5) is 10.5 Å². The van der Waals surface area contributed by atoms with Gasteiger partial charge in [-0.3, -0.25) is 4.79 Å². The Morgan fingerprint density at radius 2 is 2.09 bits per heavy atom. The van der Waals surface area contributed by atoms with E-state index in [1.165, 1.54) is 6.92 Å². The zero-order chi connectivity index (χ0) is 16.8. The van der Waals surface area contributed by atoms with E-state index in [1.807, 2.05) is 24.3 Å². The van der Waals surface area contributed by atoms with Gasteiger partial charge in [-0.25, -0.2) is 4.79 Å². The molecule has 1 heterocycles. The second-order valence-electron chi connectivity index (χ2n) is 6.02. The summed E-state index contributed by atoms with van der Waals surface area (Å²) in [6, 6.07) is 7.38. The maximum Gasteiger partial charge on any atom is 0.321 e. The van der Waals surface area contributed by atoms with E-state index in [-0.39, 0.29) is 18.0 Å². The van der Waals surface area contributed by atoms with Gasteiger partial charge in [0.05, 0.1) is 6.10 Å². The third-order valence-corrected chi connectivity index (χ3v) is 3.98. The summed E-state index contributed by atoms with van der Waals surface area (Å²) < 4.78 is 5.55. The maximum absolute atomic E-state index is 12.2. The van der Waals surface area contributed by atoms with Gasteiger partial charge >= 0.3 is 6.03 Å². The summed E-state index contributed by atoms with van der Waals surface area (Å²) >= 11 is 0. The van der Waals surface area contributed by atoms with Crippen LogP contribution in [0.25, 0.3) is 0 Å². The molecule has 1 aliphatic rings. The van der Waals surface area contributed by atoms with Crippen LogP contribution < -0.4 is 5.32 Å². The van der Waals surface area contributed by atoms with E-state index in [4.69, 9.17) is 4.74 Å². The number of nitrogens with one attached hydrogen (secondary N) is 1. The molecule has 6 nitrogen and oxygen atoms in total. The number of benzene rings is 1. The van der Waals surface area contributed by atoms with Crippen molar-refractivity contribution in [1.82, 2.24) is 9.80 Å². The standard InChI is InChI=1S/C17H25N3O3/c1-13(21)19(2)11-14-6-4-7-15(10-14)18-17(22)20(3)12-16-8-5-9-23-16/h4,6-7,10,16H,5,8-9,11-12H2,1-3H3,(H,18,22). The summed E-state index contributed by atoms with van der Waals surface area (Å²) in [7, 11) is 3.52. The predicted molar refractivity (Wildman–Crippen MR) is 89.2 cm³/mol. The second kappa shape index (κ2) is 7.97. The molecule has 0 saturated carbocycles. The van der Waals surface area contributed by atoms with Gasteiger partial charge in [0.15, 0.2) is 0 Å². The fourth-order valence-corrected chi connectivity index (χ4v) is 2.53.